The third kappa shape index (κ3) is 3.43. The van der Waals surface area contributed by atoms with Crippen LogP contribution < -0.4 is 5.32 Å². The number of hydrogen-bond donors (Lipinski definition) is 1. The lowest BCUT2D eigenvalue weighted by Crippen LogP contribution is -2.56. The zero-order chi connectivity index (χ0) is 17.2. The highest BCUT2D eigenvalue weighted by Gasteiger charge is 2.51. The molecule has 3 atom stereocenters. The summed E-state index contributed by atoms with van der Waals surface area (Å²) < 4.78 is 25.1. The van der Waals surface area contributed by atoms with Gasteiger partial charge < -0.3 is 4.55 Å². The molecule has 0 fully saturated rings. The number of carbonyl (C=O) groups is 1. The molecule has 1 aliphatic rings. The van der Waals surface area contributed by atoms with Crippen LogP contribution in [0.4, 0.5) is 4.39 Å². The van der Waals surface area contributed by atoms with E-state index in [0.29, 0.717) is 10.5 Å². The molecule has 0 radical (unpaired) electrons. The Hall–Kier alpha value is -2.19. The molecular formula is C15H15FN2O4S. The number of hydrogen-bond acceptors (Lipinski definition) is 4. The van der Waals surface area contributed by atoms with Gasteiger partial charge in [0.15, 0.2) is 4.90 Å². The van der Waals surface area contributed by atoms with Gasteiger partial charge in [0.25, 0.3) is 0 Å². The van der Waals surface area contributed by atoms with Gasteiger partial charge in [-0.05, 0) is 41.0 Å². The summed E-state index contributed by atoms with van der Waals surface area (Å²) in [6, 6.07) is 6.22. The molecule has 1 aromatic carbocycles. The molecule has 0 spiro atoms. The number of nitrogens with zero attached hydrogens (tertiary/aromatic N) is 1. The first-order valence-corrected chi connectivity index (χ1v) is 8.25. The van der Waals surface area contributed by atoms with Crippen molar-refractivity contribution < 1.29 is 18.7 Å². The van der Waals surface area contributed by atoms with E-state index in [0.717, 1.165) is 25.2 Å². The highest BCUT2D eigenvalue weighted by Crippen LogP contribution is 2.37. The van der Waals surface area contributed by atoms with Gasteiger partial charge >= 0.3 is 5.66 Å². The molecule has 0 heterocycles. The molecule has 6 nitrogen and oxygen atoms in total. The van der Waals surface area contributed by atoms with Crippen LogP contribution in [0.3, 0.4) is 0 Å². The van der Waals surface area contributed by atoms with Crippen molar-refractivity contribution >= 4 is 17.1 Å². The van der Waals surface area contributed by atoms with Crippen molar-refractivity contribution in [1.82, 2.24) is 5.32 Å². The summed E-state index contributed by atoms with van der Waals surface area (Å²) in [5.41, 5.74) is -1.53. The third-order valence-electron chi connectivity index (χ3n) is 3.55. The molecule has 1 aromatic rings. The van der Waals surface area contributed by atoms with E-state index < -0.39 is 39.4 Å². The summed E-state index contributed by atoms with van der Waals surface area (Å²) in [4.78, 5) is 22.9. The minimum Gasteiger partial charge on any atom is -0.612 e. The van der Waals surface area contributed by atoms with Crippen LogP contribution in [0.15, 0.2) is 53.2 Å². The van der Waals surface area contributed by atoms with Gasteiger partial charge in [0.1, 0.15) is 18.0 Å². The second kappa shape index (κ2) is 6.51. The summed E-state index contributed by atoms with van der Waals surface area (Å²) in [6.45, 7) is 1.16. The molecule has 1 aliphatic carbocycles. The van der Waals surface area contributed by atoms with Gasteiger partial charge in [0, 0.05) is 13.0 Å². The lowest BCUT2D eigenvalue weighted by molar-refractivity contribution is -0.563. The minimum absolute atomic E-state index is 0.434. The van der Waals surface area contributed by atoms with Crippen molar-refractivity contribution in [2.45, 2.75) is 23.4 Å². The number of carbonyl (C=O) groups excluding carboxylic acids is 1. The van der Waals surface area contributed by atoms with Gasteiger partial charge in [0.05, 0.1) is 4.92 Å². The van der Waals surface area contributed by atoms with E-state index in [1.807, 2.05) is 0 Å². The van der Waals surface area contributed by atoms with Crippen LogP contribution in [-0.2, 0) is 16.0 Å². The standard InChI is InChI=1S/C15H15FN2O4S/c1-10(19)17-15(18(20)21)8-7-12(16)9-14(15)11-3-5-13(6-4-11)23(2)22/h3-9,14H,1-2H3,(H,17,19). The van der Waals surface area contributed by atoms with Gasteiger partial charge in [-0.25, -0.2) is 4.39 Å². The first-order valence-electron chi connectivity index (χ1n) is 6.69. The highest BCUT2D eigenvalue weighted by atomic mass is 32.2. The Kier molecular flexibility index (Phi) is 4.86. The zero-order valence-corrected chi connectivity index (χ0v) is 13.3. The maximum Gasteiger partial charge on any atom is 0.325 e. The molecule has 0 saturated carbocycles. The minimum atomic E-state index is -1.96. The molecule has 2 rings (SSSR count). The summed E-state index contributed by atoms with van der Waals surface area (Å²) >= 11 is -1.19. The van der Waals surface area contributed by atoms with Gasteiger partial charge in [-0.3, -0.25) is 20.2 Å². The molecule has 1 N–H and O–H groups in total. The van der Waals surface area contributed by atoms with E-state index in [1.54, 1.807) is 24.3 Å². The van der Waals surface area contributed by atoms with Crippen molar-refractivity contribution in [2.24, 2.45) is 0 Å². The van der Waals surface area contributed by atoms with Crippen molar-refractivity contribution in [3.8, 4) is 0 Å². The number of nitrogens with one attached hydrogen (secondary N) is 1. The Morgan fingerprint density at radius 3 is 2.48 bits per heavy atom. The maximum absolute atomic E-state index is 13.7. The SMILES string of the molecule is CC(=O)NC1([N+](=O)[O-])C=CC(F)=CC1c1ccc([S+](C)[O-])cc1. The lowest BCUT2D eigenvalue weighted by Gasteiger charge is -2.31. The molecule has 3 unspecified atom stereocenters. The number of rotatable bonds is 4. The van der Waals surface area contributed by atoms with Gasteiger partial charge in [-0.15, -0.1) is 0 Å². The Labute approximate surface area is 135 Å². The van der Waals surface area contributed by atoms with Gasteiger partial charge in [-0.1, -0.05) is 12.1 Å². The number of amides is 1. The van der Waals surface area contributed by atoms with Gasteiger partial charge in [0.2, 0.25) is 5.91 Å². The smallest absolute Gasteiger partial charge is 0.325 e. The Morgan fingerprint density at radius 1 is 1.39 bits per heavy atom. The molecule has 23 heavy (non-hydrogen) atoms. The van der Waals surface area contributed by atoms with Crippen LogP contribution in [0, 0.1) is 10.1 Å². The van der Waals surface area contributed by atoms with E-state index in [1.165, 1.54) is 6.26 Å². The number of halogens is 1. The normalized spacial score (nSPS) is 24.7. The molecular weight excluding hydrogens is 323 g/mol. The average molecular weight is 338 g/mol. The topological polar surface area (TPSA) is 95.3 Å². The number of benzene rings is 1. The summed E-state index contributed by atoms with van der Waals surface area (Å²) in [5.74, 6) is -2.25. The first kappa shape index (κ1) is 17.2. The fourth-order valence-corrected chi connectivity index (χ4v) is 3.01. The monoisotopic (exact) mass is 338 g/mol. The van der Waals surface area contributed by atoms with Gasteiger partial charge in [-0.2, -0.15) is 0 Å². The molecule has 1 amide bonds. The van der Waals surface area contributed by atoms with Crippen LogP contribution in [0.1, 0.15) is 18.4 Å². The third-order valence-corrected chi connectivity index (χ3v) is 4.48. The quantitative estimate of drug-likeness (QED) is 0.393. The number of nitro groups is 1. The molecule has 0 saturated heterocycles. The van der Waals surface area contributed by atoms with E-state index >= 15 is 0 Å². The van der Waals surface area contributed by atoms with Crippen LogP contribution in [0.2, 0.25) is 0 Å². The summed E-state index contributed by atoms with van der Waals surface area (Å²) in [7, 11) is 0. The van der Waals surface area contributed by atoms with E-state index in [-0.39, 0.29) is 0 Å². The lowest BCUT2D eigenvalue weighted by atomic mass is 9.82. The van der Waals surface area contributed by atoms with Crippen molar-refractivity contribution in [3.63, 3.8) is 0 Å². The Bertz CT molecular complexity index is 687. The fraction of sp³-hybridized carbons (Fsp3) is 0.267. The fourth-order valence-electron chi connectivity index (χ4n) is 2.49. The summed E-state index contributed by atoms with van der Waals surface area (Å²) in [6.07, 6.45) is 4.61. The van der Waals surface area contributed by atoms with E-state index in [9.17, 15) is 23.9 Å². The second-order valence-electron chi connectivity index (χ2n) is 5.15. The molecule has 8 heteroatoms. The summed E-state index contributed by atoms with van der Waals surface area (Å²) in [5, 5.41) is 13.9. The van der Waals surface area contributed by atoms with Crippen molar-refractivity contribution in [3.05, 3.63) is 64.0 Å². The average Bonchev–Trinajstić information content (AvgIpc) is 2.48. The zero-order valence-electron chi connectivity index (χ0n) is 12.5. The first-order chi connectivity index (χ1) is 10.8. The van der Waals surface area contributed by atoms with Crippen molar-refractivity contribution in [2.75, 3.05) is 6.26 Å². The van der Waals surface area contributed by atoms with Crippen LogP contribution in [0.25, 0.3) is 0 Å². The predicted octanol–water partition coefficient (Wildman–Crippen LogP) is 2.04. The Morgan fingerprint density at radius 2 is 2.00 bits per heavy atom. The molecule has 122 valence electrons. The predicted molar refractivity (Wildman–Crippen MR) is 83.4 cm³/mol. The Balaban J connectivity index is 2.51. The molecule has 0 bridgehead atoms. The van der Waals surface area contributed by atoms with Crippen LogP contribution in [0.5, 0.6) is 0 Å². The second-order valence-corrected chi connectivity index (χ2v) is 6.53. The maximum atomic E-state index is 13.7. The number of allylic oxidation sites excluding steroid dienone is 2. The van der Waals surface area contributed by atoms with E-state index in [2.05, 4.69) is 5.32 Å². The van der Waals surface area contributed by atoms with Crippen LogP contribution in [-0.4, -0.2) is 27.3 Å². The highest BCUT2D eigenvalue weighted by molar-refractivity contribution is 7.90. The largest absolute Gasteiger partial charge is 0.612 e. The molecule has 0 aliphatic heterocycles. The molecule has 0 aromatic heterocycles. The van der Waals surface area contributed by atoms with E-state index in [4.69, 9.17) is 0 Å². The van der Waals surface area contributed by atoms with Crippen molar-refractivity contribution in [1.29, 1.82) is 0 Å². The van der Waals surface area contributed by atoms with Crippen LogP contribution >= 0.6 is 0 Å².